The van der Waals surface area contributed by atoms with Gasteiger partial charge in [0, 0.05) is 24.2 Å². The highest BCUT2D eigenvalue weighted by Crippen LogP contribution is 2.24. The molecule has 9 heteroatoms. The van der Waals surface area contributed by atoms with Crippen LogP contribution >= 0.6 is 0 Å². The molecule has 0 aliphatic rings. The van der Waals surface area contributed by atoms with E-state index in [0.717, 1.165) is 22.3 Å². The average molecular weight is 608 g/mol. The van der Waals surface area contributed by atoms with Crippen molar-refractivity contribution < 1.29 is 28.7 Å². The summed E-state index contributed by atoms with van der Waals surface area (Å²) in [5.74, 6) is -1.17. The van der Waals surface area contributed by atoms with Gasteiger partial charge < -0.3 is 25.4 Å². The lowest BCUT2D eigenvalue weighted by atomic mass is 9.98. The van der Waals surface area contributed by atoms with E-state index in [1.165, 1.54) is 7.11 Å². The van der Waals surface area contributed by atoms with Gasteiger partial charge >= 0.3 is 12.1 Å². The van der Waals surface area contributed by atoms with Gasteiger partial charge in [-0.1, -0.05) is 97.1 Å². The Morgan fingerprint density at radius 3 is 2.20 bits per heavy atom. The van der Waals surface area contributed by atoms with Gasteiger partial charge in [-0.25, -0.2) is 4.79 Å². The highest BCUT2D eigenvalue weighted by Gasteiger charge is 2.24. The maximum absolute atomic E-state index is 13.6. The molecule has 0 unspecified atom stereocenters. The predicted octanol–water partition coefficient (Wildman–Crippen LogP) is 5.90. The van der Waals surface area contributed by atoms with Crippen molar-refractivity contribution in [2.24, 2.45) is 0 Å². The quantitative estimate of drug-likeness (QED) is 0.121. The molecule has 0 spiro atoms. The van der Waals surface area contributed by atoms with Crippen LogP contribution in [0.4, 0.5) is 10.5 Å². The third-order valence-electron chi connectivity index (χ3n) is 7.13. The highest BCUT2D eigenvalue weighted by atomic mass is 16.5. The first-order chi connectivity index (χ1) is 21.9. The van der Waals surface area contributed by atoms with E-state index in [0.29, 0.717) is 24.1 Å². The molecule has 0 saturated heterocycles. The minimum absolute atomic E-state index is 0.143. The minimum atomic E-state index is -0.919. The summed E-state index contributed by atoms with van der Waals surface area (Å²) in [7, 11) is 1.33. The van der Waals surface area contributed by atoms with Crippen LogP contribution in [0.25, 0.3) is 11.1 Å². The largest absolute Gasteiger partial charge is 0.469 e. The molecule has 0 bridgehead atoms. The molecule has 3 amide bonds. The molecule has 45 heavy (non-hydrogen) atoms. The first kappa shape index (κ1) is 32.5. The third-order valence-corrected chi connectivity index (χ3v) is 7.13. The number of alkyl carbamates (subject to hydrolysis) is 1. The number of nitrogens with one attached hydrogen (secondary N) is 3. The second-order valence-electron chi connectivity index (χ2n) is 10.3. The van der Waals surface area contributed by atoms with Gasteiger partial charge in [-0.3, -0.25) is 14.4 Å². The highest BCUT2D eigenvalue weighted by molar-refractivity contribution is 6.04. The number of esters is 1. The summed E-state index contributed by atoms with van der Waals surface area (Å²) >= 11 is 0. The van der Waals surface area contributed by atoms with Crippen molar-refractivity contribution in [2.75, 3.05) is 19.0 Å². The number of carbonyl (C=O) groups is 4. The molecular formula is C36H37N3O6. The van der Waals surface area contributed by atoms with E-state index in [-0.39, 0.29) is 32.0 Å². The van der Waals surface area contributed by atoms with Crippen molar-refractivity contribution >= 4 is 29.6 Å². The first-order valence-electron chi connectivity index (χ1n) is 14.8. The Morgan fingerprint density at radius 2 is 1.44 bits per heavy atom. The normalized spacial score (nSPS) is 11.1. The summed E-state index contributed by atoms with van der Waals surface area (Å²) in [6.07, 6.45) is 0.600. The van der Waals surface area contributed by atoms with Gasteiger partial charge in [0.15, 0.2) is 0 Å². The van der Waals surface area contributed by atoms with E-state index >= 15 is 0 Å². The molecule has 4 aromatic rings. The Hall–Kier alpha value is -5.44. The smallest absolute Gasteiger partial charge is 0.407 e. The number of benzene rings is 4. The monoisotopic (exact) mass is 607 g/mol. The second kappa shape index (κ2) is 17.0. The van der Waals surface area contributed by atoms with Gasteiger partial charge in [0.2, 0.25) is 5.91 Å². The lowest BCUT2D eigenvalue weighted by molar-refractivity contribution is -0.140. The molecule has 3 N–H and O–H groups in total. The summed E-state index contributed by atoms with van der Waals surface area (Å²) in [5, 5.41) is 8.54. The maximum atomic E-state index is 13.6. The zero-order chi connectivity index (χ0) is 31.9. The number of para-hydroxylation sites is 1. The van der Waals surface area contributed by atoms with Gasteiger partial charge in [-0.15, -0.1) is 0 Å². The van der Waals surface area contributed by atoms with Crippen LogP contribution in [0.3, 0.4) is 0 Å². The van der Waals surface area contributed by atoms with E-state index in [1.54, 1.807) is 24.3 Å². The molecule has 0 radical (unpaired) electrons. The molecule has 232 valence electrons. The second-order valence-corrected chi connectivity index (χ2v) is 10.3. The Morgan fingerprint density at radius 1 is 0.778 bits per heavy atom. The summed E-state index contributed by atoms with van der Waals surface area (Å²) in [6.45, 7) is 0.383. The van der Waals surface area contributed by atoms with Crippen molar-refractivity contribution in [3.8, 4) is 11.1 Å². The van der Waals surface area contributed by atoms with Gasteiger partial charge in [0.05, 0.1) is 7.11 Å². The number of aryl methyl sites for hydroxylation is 1. The van der Waals surface area contributed by atoms with Crippen LogP contribution in [0.15, 0.2) is 109 Å². The number of methoxy groups -OCH3 is 1. The Bertz CT molecular complexity index is 1580. The van der Waals surface area contributed by atoms with Crippen LogP contribution in [-0.4, -0.2) is 43.6 Å². The van der Waals surface area contributed by atoms with Crippen LogP contribution in [-0.2, 0) is 32.1 Å². The Labute approximate surface area is 263 Å². The Kier molecular flexibility index (Phi) is 12.3. The predicted molar refractivity (Wildman–Crippen MR) is 172 cm³/mol. The Balaban J connectivity index is 1.44. The number of anilines is 1. The zero-order valence-corrected chi connectivity index (χ0v) is 25.2. The fourth-order valence-corrected chi connectivity index (χ4v) is 4.75. The summed E-state index contributed by atoms with van der Waals surface area (Å²) in [6, 6.07) is 32.4. The fourth-order valence-electron chi connectivity index (χ4n) is 4.75. The van der Waals surface area contributed by atoms with E-state index in [4.69, 9.17) is 9.47 Å². The van der Waals surface area contributed by atoms with Gasteiger partial charge in [0.1, 0.15) is 12.6 Å². The van der Waals surface area contributed by atoms with E-state index in [1.807, 2.05) is 84.9 Å². The summed E-state index contributed by atoms with van der Waals surface area (Å²) in [5.41, 5.74) is 4.22. The lowest BCUT2D eigenvalue weighted by Crippen LogP contribution is -2.44. The van der Waals surface area contributed by atoms with Crippen LogP contribution in [0.2, 0.25) is 0 Å². The molecule has 0 saturated carbocycles. The fraction of sp³-hybridized carbons (Fsp3) is 0.222. The van der Waals surface area contributed by atoms with E-state index in [2.05, 4.69) is 16.0 Å². The third kappa shape index (κ3) is 10.1. The zero-order valence-electron chi connectivity index (χ0n) is 25.2. The topological polar surface area (TPSA) is 123 Å². The lowest BCUT2D eigenvalue weighted by Gasteiger charge is -2.21. The number of amides is 3. The first-order valence-corrected chi connectivity index (χ1v) is 14.8. The van der Waals surface area contributed by atoms with Crippen LogP contribution in [0.5, 0.6) is 0 Å². The van der Waals surface area contributed by atoms with Crippen LogP contribution < -0.4 is 16.0 Å². The van der Waals surface area contributed by atoms with Gasteiger partial charge in [-0.05, 0) is 53.6 Å². The molecular weight excluding hydrogens is 570 g/mol. The summed E-state index contributed by atoms with van der Waals surface area (Å²) < 4.78 is 10.0. The SMILES string of the molecule is COC(=O)CCc1ccccc1NC(=O)[C@H](CCCNC(=O)OCc1ccccc1)NC(=O)c1ccccc1-c1ccccc1. The molecule has 0 heterocycles. The molecule has 0 aliphatic heterocycles. The van der Waals surface area contributed by atoms with Gasteiger partial charge in [0.25, 0.3) is 5.91 Å². The maximum Gasteiger partial charge on any atom is 0.407 e. The molecule has 1 atom stereocenters. The van der Waals surface area contributed by atoms with E-state index in [9.17, 15) is 19.2 Å². The van der Waals surface area contributed by atoms with Crippen LogP contribution in [0, 0.1) is 0 Å². The van der Waals surface area contributed by atoms with Crippen LogP contribution in [0.1, 0.15) is 40.7 Å². The molecule has 4 rings (SSSR count). The van der Waals surface area contributed by atoms with Crippen molar-refractivity contribution in [1.82, 2.24) is 10.6 Å². The number of ether oxygens (including phenoxy) is 2. The number of hydrogen-bond donors (Lipinski definition) is 3. The molecule has 0 aliphatic carbocycles. The molecule has 9 nitrogen and oxygen atoms in total. The number of hydrogen-bond acceptors (Lipinski definition) is 6. The molecule has 0 fully saturated rings. The number of carbonyl (C=O) groups excluding carboxylic acids is 4. The van der Waals surface area contributed by atoms with Crippen molar-refractivity contribution in [1.29, 1.82) is 0 Å². The molecule has 4 aromatic carbocycles. The van der Waals surface area contributed by atoms with Crippen molar-refractivity contribution in [3.63, 3.8) is 0 Å². The van der Waals surface area contributed by atoms with Crippen molar-refractivity contribution in [2.45, 2.75) is 38.3 Å². The number of rotatable bonds is 14. The minimum Gasteiger partial charge on any atom is -0.469 e. The average Bonchev–Trinajstić information content (AvgIpc) is 3.08. The summed E-state index contributed by atoms with van der Waals surface area (Å²) in [4.78, 5) is 51.2. The van der Waals surface area contributed by atoms with Gasteiger partial charge in [-0.2, -0.15) is 0 Å². The van der Waals surface area contributed by atoms with E-state index < -0.39 is 23.9 Å². The van der Waals surface area contributed by atoms with Crippen molar-refractivity contribution in [3.05, 3.63) is 126 Å². The molecule has 0 aromatic heterocycles. The standard InChI is InChI=1S/C36H37N3O6/c1-44-33(40)23-22-28-17-8-11-20-31(28)38-35(42)32(21-12-24-37-36(43)45-25-26-13-4-2-5-14-26)39-34(41)30-19-10-9-18-29(30)27-15-6-3-7-16-27/h2-11,13-20,32H,12,21-25H2,1H3,(H,37,43)(H,38,42)(H,39,41)/t32-/m0/s1.